The van der Waals surface area contributed by atoms with Crippen LogP contribution in [0, 0.1) is 12.7 Å². The van der Waals surface area contributed by atoms with Gasteiger partial charge in [0.15, 0.2) is 0 Å². The molecule has 0 aliphatic carbocycles. The Morgan fingerprint density at radius 2 is 2.09 bits per heavy atom. The molecule has 2 bridgehead atoms. The van der Waals surface area contributed by atoms with Crippen LogP contribution in [0.1, 0.15) is 20.9 Å². The van der Waals surface area contributed by atoms with Crippen molar-refractivity contribution in [1.82, 2.24) is 15.6 Å². The van der Waals surface area contributed by atoms with Crippen molar-refractivity contribution in [2.45, 2.75) is 31.6 Å². The molecule has 4 N–H and O–H groups in total. The second-order valence-electron chi connectivity index (χ2n) is 9.19. The van der Waals surface area contributed by atoms with Crippen LogP contribution < -0.4 is 26.0 Å². The summed E-state index contributed by atoms with van der Waals surface area (Å²) in [6, 6.07) is 6.81. The van der Waals surface area contributed by atoms with E-state index in [4.69, 9.17) is 15.2 Å². The molecular formula is C24H26FN5O3S. The number of ether oxygens (including phenoxy) is 2. The van der Waals surface area contributed by atoms with E-state index in [9.17, 15) is 4.79 Å². The summed E-state index contributed by atoms with van der Waals surface area (Å²) in [6.07, 6.45) is 0.603. The zero-order chi connectivity index (χ0) is 23.4. The first kappa shape index (κ1) is 21.6. The molecule has 2 fully saturated rings. The molecule has 2 saturated heterocycles. The second-order valence-corrected chi connectivity index (χ2v) is 10.2. The molecule has 10 heteroatoms. The summed E-state index contributed by atoms with van der Waals surface area (Å²) in [6.45, 7) is 5.04. The van der Waals surface area contributed by atoms with Crippen molar-refractivity contribution < 1.29 is 18.7 Å². The van der Waals surface area contributed by atoms with Crippen molar-refractivity contribution in [3.8, 4) is 5.75 Å². The Hall–Kier alpha value is -2.95. The van der Waals surface area contributed by atoms with Gasteiger partial charge in [-0.15, -0.1) is 11.3 Å². The number of hydrogen-bond acceptors (Lipinski definition) is 8. The van der Waals surface area contributed by atoms with Gasteiger partial charge in [-0.1, -0.05) is 0 Å². The smallest absolute Gasteiger partial charge is 0.263 e. The predicted molar refractivity (Wildman–Crippen MR) is 129 cm³/mol. The van der Waals surface area contributed by atoms with E-state index in [0.717, 1.165) is 34.6 Å². The van der Waals surface area contributed by atoms with Crippen molar-refractivity contribution >= 4 is 38.8 Å². The van der Waals surface area contributed by atoms with E-state index in [-0.39, 0.29) is 30.0 Å². The van der Waals surface area contributed by atoms with Crippen LogP contribution in [0.5, 0.6) is 5.75 Å². The Labute approximate surface area is 200 Å². The van der Waals surface area contributed by atoms with Crippen molar-refractivity contribution in [3.05, 3.63) is 46.2 Å². The van der Waals surface area contributed by atoms with Gasteiger partial charge in [-0.3, -0.25) is 4.79 Å². The lowest BCUT2D eigenvalue weighted by atomic mass is 10.0. The molecule has 1 amide bonds. The molecule has 178 valence electrons. The molecule has 0 saturated carbocycles. The predicted octanol–water partition coefficient (Wildman–Crippen LogP) is 2.24. The van der Waals surface area contributed by atoms with E-state index in [0.29, 0.717) is 48.1 Å². The number of benzene rings is 1. The fraction of sp³-hybridized carbons (Fsp3) is 0.417. The number of rotatable bonds is 3. The van der Waals surface area contributed by atoms with Gasteiger partial charge in [-0.05, 0) is 37.1 Å². The van der Waals surface area contributed by atoms with E-state index < -0.39 is 0 Å². The first-order valence-corrected chi connectivity index (χ1v) is 12.3. The normalized spacial score (nSPS) is 23.9. The maximum Gasteiger partial charge on any atom is 0.263 e. The molecule has 3 aliphatic rings. The number of pyridine rings is 1. The number of morpholine rings is 2. The summed E-state index contributed by atoms with van der Waals surface area (Å²) in [5, 5.41) is 7.13. The highest BCUT2D eigenvalue weighted by Gasteiger charge is 2.33. The van der Waals surface area contributed by atoms with Crippen molar-refractivity contribution in [2.24, 2.45) is 0 Å². The molecule has 2 aromatic heterocycles. The van der Waals surface area contributed by atoms with Gasteiger partial charge in [-0.25, -0.2) is 9.37 Å². The lowest BCUT2D eigenvalue weighted by molar-refractivity contribution is -0.0485. The average molecular weight is 484 g/mol. The number of nitrogens with zero attached hydrogens (tertiary/aromatic N) is 2. The summed E-state index contributed by atoms with van der Waals surface area (Å²) in [5.74, 6) is 0.121. The minimum atomic E-state index is -0.280. The van der Waals surface area contributed by atoms with Crippen LogP contribution >= 0.6 is 11.3 Å². The summed E-state index contributed by atoms with van der Waals surface area (Å²) >= 11 is 1.28. The average Bonchev–Trinajstić information content (AvgIpc) is 3.14. The number of aryl methyl sites for hydroxylation is 1. The van der Waals surface area contributed by atoms with Crippen molar-refractivity contribution in [3.63, 3.8) is 0 Å². The molecule has 0 radical (unpaired) electrons. The van der Waals surface area contributed by atoms with E-state index >= 15 is 4.39 Å². The van der Waals surface area contributed by atoms with Gasteiger partial charge >= 0.3 is 0 Å². The summed E-state index contributed by atoms with van der Waals surface area (Å²) in [7, 11) is 0. The Balaban J connectivity index is 1.18. The lowest BCUT2D eigenvalue weighted by Crippen LogP contribution is -2.58. The molecule has 5 heterocycles. The van der Waals surface area contributed by atoms with E-state index in [1.54, 1.807) is 6.07 Å². The summed E-state index contributed by atoms with van der Waals surface area (Å²) < 4.78 is 27.0. The number of thiophene rings is 1. The highest BCUT2D eigenvalue weighted by Crippen LogP contribution is 2.35. The minimum Gasteiger partial charge on any atom is -0.491 e. The van der Waals surface area contributed by atoms with Gasteiger partial charge in [0, 0.05) is 43.3 Å². The van der Waals surface area contributed by atoms with Gasteiger partial charge in [0.2, 0.25) is 0 Å². The Bertz CT molecular complexity index is 1270. The van der Waals surface area contributed by atoms with Crippen molar-refractivity contribution in [2.75, 3.05) is 43.4 Å². The van der Waals surface area contributed by atoms with Gasteiger partial charge in [0.1, 0.15) is 27.9 Å². The maximum atomic E-state index is 15.1. The monoisotopic (exact) mass is 483 g/mol. The number of hydrogen-bond donors (Lipinski definition) is 3. The molecule has 1 aromatic carbocycles. The number of halogens is 1. The van der Waals surface area contributed by atoms with E-state index in [1.807, 2.05) is 24.0 Å². The lowest BCUT2D eigenvalue weighted by Gasteiger charge is -2.43. The Kier molecular flexibility index (Phi) is 5.31. The van der Waals surface area contributed by atoms with Crippen molar-refractivity contribution in [1.29, 1.82) is 0 Å². The molecular weight excluding hydrogens is 457 g/mol. The zero-order valence-corrected chi connectivity index (χ0v) is 19.6. The number of aromatic nitrogens is 1. The van der Waals surface area contributed by atoms with Crippen LogP contribution in [0.15, 0.2) is 24.3 Å². The van der Waals surface area contributed by atoms with E-state index in [1.165, 1.54) is 17.4 Å². The number of anilines is 2. The fourth-order valence-electron chi connectivity index (χ4n) is 4.99. The largest absolute Gasteiger partial charge is 0.491 e. The number of amides is 1. The highest BCUT2D eigenvalue weighted by atomic mass is 32.1. The zero-order valence-electron chi connectivity index (χ0n) is 18.8. The highest BCUT2D eigenvalue weighted by molar-refractivity contribution is 7.21. The molecule has 2 unspecified atom stereocenters. The molecule has 6 rings (SSSR count). The van der Waals surface area contributed by atoms with Gasteiger partial charge < -0.3 is 30.7 Å². The molecule has 3 aromatic rings. The van der Waals surface area contributed by atoms with Crippen LogP contribution in [0.25, 0.3) is 10.2 Å². The summed E-state index contributed by atoms with van der Waals surface area (Å²) in [5.41, 5.74) is 8.82. The summed E-state index contributed by atoms with van der Waals surface area (Å²) in [4.78, 5) is 20.7. The van der Waals surface area contributed by atoms with Gasteiger partial charge in [-0.2, -0.15) is 0 Å². The molecule has 8 nitrogen and oxygen atoms in total. The number of nitrogen functional groups attached to an aromatic ring is 1. The molecule has 3 aliphatic heterocycles. The third kappa shape index (κ3) is 3.85. The van der Waals surface area contributed by atoms with Crippen LogP contribution in [0.4, 0.5) is 15.8 Å². The van der Waals surface area contributed by atoms with Crippen LogP contribution in [-0.4, -0.2) is 61.9 Å². The third-order valence-electron chi connectivity index (χ3n) is 6.63. The third-order valence-corrected chi connectivity index (χ3v) is 7.74. The van der Waals surface area contributed by atoms with Gasteiger partial charge in [0.25, 0.3) is 5.91 Å². The maximum absolute atomic E-state index is 15.1. The molecule has 3 atom stereocenters. The first-order valence-electron chi connectivity index (χ1n) is 11.5. The van der Waals surface area contributed by atoms with Crippen LogP contribution in [0.3, 0.4) is 0 Å². The molecule has 34 heavy (non-hydrogen) atoms. The molecule has 0 spiro atoms. The number of nitrogens with two attached hydrogens (primary N) is 1. The number of nitrogens with one attached hydrogen (secondary N) is 2. The Morgan fingerprint density at radius 3 is 2.88 bits per heavy atom. The Morgan fingerprint density at radius 1 is 1.29 bits per heavy atom. The SMILES string of the molecule is Cc1ccc2c(N)c(C(=O)N[C@H]3COc4cc(N5CC6CNCC(C5)O6)c(F)cc4C3)sc2n1. The topological polar surface area (TPSA) is 102 Å². The number of carbonyl (C=O) groups excluding carboxylic acids is 1. The van der Waals surface area contributed by atoms with Gasteiger partial charge in [0.05, 0.1) is 29.6 Å². The fourth-order valence-corrected chi connectivity index (χ4v) is 6.03. The first-order chi connectivity index (χ1) is 16.4. The minimum absolute atomic E-state index is 0.0592. The second kappa shape index (κ2) is 8.37. The number of fused-ring (bicyclic) bond motifs is 4. The number of carbonyl (C=O) groups is 1. The quantitative estimate of drug-likeness (QED) is 0.525. The standard InChI is InChI=1S/C24H26FN5O3S/c1-12-2-3-17-21(26)22(34-24(17)28-12)23(31)29-14-4-13-5-18(25)19(6-20(13)32-11-14)30-9-15-7-27-8-16(10-30)33-15/h2-3,5-6,14-16,27H,4,7-11,26H2,1H3,(H,29,31)/t14-,15?,16?/m1/s1. The van der Waals surface area contributed by atoms with Crippen LogP contribution in [0.2, 0.25) is 0 Å². The van der Waals surface area contributed by atoms with E-state index in [2.05, 4.69) is 15.6 Å². The van der Waals surface area contributed by atoms with Crippen LogP contribution in [-0.2, 0) is 11.2 Å².